The van der Waals surface area contributed by atoms with Crippen molar-refractivity contribution >= 4 is 24.4 Å². The number of unbranched alkanes of at least 4 members (excludes halogenated alkanes) is 3. The van der Waals surface area contributed by atoms with Crippen LogP contribution < -0.4 is 0 Å². The van der Waals surface area contributed by atoms with Gasteiger partial charge in [0, 0.05) is 4.24 Å². The van der Waals surface area contributed by atoms with Crippen LogP contribution >= 0.6 is 24.4 Å². The maximum Gasteiger partial charge on any atom is 0.0297 e. The first-order valence-electron chi connectivity index (χ1n) is 3.78. The van der Waals surface area contributed by atoms with Crippen molar-refractivity contribution in [1.82, 2.24) is 0 Å². The van der Waals surface area contributed by atoms with Gasteiger partial charge in [-0.2, -0.15) is 0 Å². The molecule has 0 heterocycles. The summed E-state index contributed by atoms with van der Waals surface area (Å²) >= 11 is 5.84. The third kappa shape index (κ3) is 8.44. The van der Waals surface area contributed by atoms with Crippen LogP contribution in [0.25, 0.3) is 0 Å². The normalized spacial score (nSPS) is 9.80. The quantitative estimate of drug-likeness (QED) is 0.475. The van der Waals surface area contributed by atoms with Crippen molar-refractivity contribution in [2.75, 3.05) is 5.75 Å². The Balaban J connectivity index is 2.84. The largest absolute Gasteiger partial charge is 0.137 e. The highest BCUT2D eigenvalue weighted by atomic mass is 32.2. The predicted molar refractivity (Wildman–Crippen MR) is 54.7 cm³/mol. The molecular formula is C8H16S2. The van der Waals surface area contributed by atoms with Gasteiger partial charge >= 0.3 is 0 Å². The number of hydrogen-bond acceptors (Lipinski definition) is 2. The average Bonchev–Trinajstić information content (AvgIpc) is 1.87. The van der Waals surface area contributed by atoms with Crippen LogP contribution in [-0.2, 0) is 0 Å². The van der Waals surface area contributed by atoms with Gasteiger partial charge in [-0.25, -0.2) is 0 Å². The Labute approximate surface area is 73.9 Å². The summed E-state index contributed by atoms with van der Waals surface area (Å²) in [4.78, 5) is 0. The molecule has 2 heteroatoms. The van der Waals surface area contributed by atoms with Crippen molar-refractivity contribution in [3.8, 4) is 0 Å². The highest BCUT2D eigenvalue weighted by Gasteiger charge is 1.89. The molecule has 0 nitrogen and oxygen atoms in total. The summed E-state index contributed by atoms with van der Waals surface area (Å²) < 4.78 is 0.941. The van der Waals surface area contributed by atoms with Gasteiger partial charge in [0.2, 0.25) is 0 Å². The molecule has 0 radical (unpaired) electrons. The fraction of sp³-hybridized carbons (Fsp3) is 0.750. The molecule has 0 saturated carbocycles. The van der Waals surface area contributed by atoms with Crippen LogP contribution in [0.4, 0.5) is 0 Å². The molecule has 0 aromatic rings. The molecule has 0 N–H and O–H groups in total. The lowest BCUT2D eigenvalue weighted by molar-refractivity contribution is 0.707. The van der Waals surface area contributed by atoms with E-state index < -0.39 is 0 Å². The van der Waals surface area contributed by atoms with Crippen LogP contribution in [0.3, 0.4) is 0 Å². The van der Waals surface area contributed by atoms with Crippen LogP contribution in [0, 0.1) is 0 Å². The molecule has 0 rings (SSSR count). The van der Waals surface area contributed by atoms with Crippen LogP contribution in [-0.4, -0.2) is 5.75 Å². The number of hydrogen-bond donors (Lipinski definition) is 1. The van der Waals surface area contributed by atoms with Gasteiger partial charge in [0.05, 0.1) is 0 Å². The van der Waals surface area contributed by atoms with Gasteiger partial charge in [-0.15, -0.1) is 24.4 Å². The number of thiol groups is 1. The predicted octanol–water partition coefficient (Wildman–Crippen LogP) is 3.70. The lowest BCUT2D eigenvalue weighted by atomic mass is 10.2. The maximum atomic E-state index is 4.09. The zero-order valence-electron chi connectivity index (χ0n) is 6.60. The Morgan fingerprint density at radius 3 is 2.60 bits per heavy atom. The number of thioether (sulfide) groups is 1. The third-order valence-corrected chi connectivity index (χ3v) is 2.48. The van der Waals surface area contributed by atoms with Crippen molar-refractivity contribution in [1.29, 1.82) is 0 Å². The second kappa shape index (κ2) is 7.55. The van der Waals surface area contributed by atoms with Crippen LogP contribution in [0.15, 0.2) is 10.8 Å². The second-order valence-corrected chi connectivity index (χ2v) is 4.33. The van der Waals surface area contributed by atoms with Gasteiger partial charge in [0.25, 0.3) is 0 Å². The fourth-order valence-electron chi connectivity index (χ4n) is 0.719. The molecule has 0 fully saturated rings. The zero-order valence-corrected chi connectivity index (χ0v) is 8.31. The van der Waals surface area contributed by atoms with Gasteiger partial charge < -0.3 is 0 Å². The van der Waals surface area contributed by atoms with Gasteiger partial charge in [-0.05, 0) is 12.2 Å². The summed E-state index contributed by atoms with van der Waals surface area (Å²) in [5.41, 5.74) is 0. The first-order valence-corrected chi connectivity index (χ1v) is 5.21. The molecular weight excluding hydrogens is 160 g/mol. The van der Waals surface area contributed by atoms with E-state index in [4.69, 9.17) is 0 Å². The highest BCUT2D eigenvalue weighted by molar-refractivity contribution is 8.15. The first kappa shape index (κ1) is 10.4. The molecule has 10 heavy (non-hydrogen) atoms. The molecule has 0 aliphatic rings. The van der Waals surface area contributed by atoms with E-state index in [1.54, 1.807) is 11.8 Å². The van der Waals surface area contributed by atoms with E-state index in [0.717, 1.165) is 4.24 Å². The SMILES string of the molecule is C=C(S)SCCCCCC. The Morgan fingerprint density at radius 1 is 1.40 bits per heavy atom. The van der Waals surface area contributed by atoms with Crippen molar-refractivity contribution in [2.24, 2.45) is 0 Å². The maximum absolute atomic E-state index is 4.09. The molecule has 0 aliphatic carbocycles. The molecule has 0 spiro atoms. The monoisotopic (exact) mass is 176 g/mol. The summed E-state index contributed by atoms with van der Waals surface area (Å²) in [7, 11) is 0. The summed E-state index contributed by atoms with van der Waals surface area (Å²) in [6, 6.07) is 0. The van der Waals surface area contributed by atoms with Crippen molar-refractivity contribution in [3.05, 3.63) is 10.8 Å². The van der Waals surface area contributed by atoms with Crippen LogP contribution in [0.2, 0.25) is 0 Å². The highest BCUT2D eigenvalue weighted by Crippen LogP contribution is 2.18. The van der Waals surface area contributed by atoms with Crippen LogP contribution in [0.5, 0.6) is 0 Å². The Hall–Kier alpha value is 0.440. The minimum atomic E-state index is 0.941. The lowest BCUT2D eigenvalue weighted by Gasteiger charge is -1.97. The Morgan fingerprint density at radius 2 is 2.10 bits per heavy atom. The molecule has 0 aliphatic heterocycles. The molecule has 60 valence electrons. The van der Waals surface area contributed by atoms with E-state index in [9.17, 15) is 0 Å². The second-order valence-electron chi connectivity index (χ2n) is 2.30. The molecule has 0 aromatic heterocycles. The van der Waals surface area contributed by atoms with Gasteiger partial charge in [0.1, 0.15) is 0 Å². The van der Waals surface area contributed by atoms with Crippen molar-refractivity contribution < 1.29 is 0 Å². The van der Waals surface area contributed by atoms with Crippen molar-refractivity contribution in [2.45, 2.75) is 32.6 Å². The smallest absolute Gasteiger partial charge is 0.0297 e. The topological polar surface area (TPSA) is 0 Å². The Bertz CT molecular complexity index is 89.3. The molecule has 0 saturated heterocycles. The summed E-state index contributed by atoms with van der Waals surface area (Å²) in [5, 5.41) is 0. The molecule has 0 bridgehead atoms. The van der Waals surface area contributed by atoms with Gasteiger partial charge in [-0.3, -0.25) is 0 Å². The third-order valence-electron chi connectivity index (χ3n) is 1.27. The molecule has 0 atom stereocenters. The molecule has 0 unspecified atom stereocenters. The van der Waals surface area contributed by atoms with E-state index >= 15 is 0 Å². The summed E-state index contributed by atoms with van der Waals surface area (Å²) in [6.45, 7) is 5.93. The summed E-state index contributed by atoms with van der Waals surface area (Å²) in [5.74, 6) is 1.18. The fourth-order valence-corrected chi connectivity index (χ4v) is 1.58. The average molecular weight is 176 g/mol. The van der Waals surface area contributed by atoms with Crippen molar-refractivity contribution in [3.63, 3.8) is 0 Å². The van der Waals surface area contributed by atoms with Gasteiger partial charge in [0.15, 0.2) is 0 Å². The van der Waals surface area contributed by atoms with Crippen LogP contribution in [0.1, 0.15) is 32.6 Å². The molecule has 0 amide bonds. The van der Waals surface area contributed by atoms with E-state index in [0.29, 0.717) is 0 Å². The van der Waals surface area contributed by atoms with E-state index in [2.05, 4.69) is 26.1 Å². The van der Waals surface area contributed by atoms with E-state index in [1.165, 1.54) is 31.4 Å². The standard InChI is InChI=1S/C8H16S2/c1-3-4-5-6-7-10-8(2)9/h9H,2-7H2,1H3. The lowest BCUT2D eigenvalue weighted by Crippen LogP contribution is -1.78. The van der Waals surface area contributed by atoms with E-state index in [-0.39, 0.29) is 0 Å². The Kier molecular flexibility index (Phi) is 7.88. The van der Waals surface area contributed by atoms with Gasteiger partial charge in [-0.1, -0.05) is 32.8 Å². The number of rotatable bonds is 6. The summed E-state index contributed by atoms with van der Waals surface area (Å²) in [6.07, 6.45) is 5.33. The molecule has 0 aromatic carbocycles. The minimum absolute atomic E-state index is 0.941. The first-order chi connectivity index (χ1) is 4.77. The van der Waals surface area contributed by atoms with E-state index in [1.807, 2.05) is 0 Å². The zero-order chi connectivity index (χ0) is 7.82. The minimum Gasteiger partial charge on any atom is -0.137 e.